The second-order valence-electron chi connectivity index (χ2n) is 4.92. The van der Waals surface area contributed by atoms with Gasteiger partial charge in [0, 0.05) is 5.56 Å². The highest BCUT2D eigenvalue weighted by Crippen LogP contribution is 2.39. The molecule has 6 nitrogen and oxygen atoms in total. The molecule has 1 amide bonds. The second-order valence-corrected chi connectivity index (χ2v) is 4.92. The van der Waals surface area contributed by atoms with Gasteiger partial charge in [-0.3, -0.25) is 4.79 Å². The number of nitrogens with zero attached hydrogens (tertiary/aromatic N) is 1. The molecular weight excluding hydrogens is 327 g/mol. The van der Waals surface area contributed by atoms with Gasteiger partial charge in [0.05, 0.1) is 26.0 Å². The van der Waals surface area contributed by atoms with Crippen molar-refractivity contribution < 1.29 is 23.4 Å². The Hall–Kier alpha value is -2.83. The fraction of sp³-hybridized carbons (Fsp3) is 0.333. The monoisotopic (exact) mass is 348 g/mol. The Morgan fingerprint density at radius 1 is 1.04 bits per heavy atom. The van der Waals surface area contributed by atoms with Crippen LogP contribution in [0.15, 0.2) is 30.5 Å². The number of rotatable bonds is 8. The van der Waals surface area contributed by atoms with Crippen LogP contribution >= 0.6 is 0 Å². The number of halogens is 1. The first-order valence-corrected chi connectivity index (χ1v) is 8.08. The van der Waals surface area contributed by atoms with E-state index in [1.54, 1.807) is 12.1 Å². The van der Waals surface area contributed by atoms with Crippen LogP contribution in [0.2, 0.25) is 0 Å². The van der Waals surface area contributed by atoms with E-state index in [0.717, 1.165) is 6.20 Å². The summed E-state index contributed by atoms with van der Waals surface area (Å²) in [6, 6.07) is 5.76. The van der Waals surface area contributed by atoms with Crippen LogP contribution in [0.4, 0.5) is 10.2 Å². The molecule has 0 aliphatic heterocycles. The van der Waals surface area contributed by atoms with Crippen molar-refractivity contribution in [2.75, 3.05) is 25.1 Å². The van der Waals surface area contributed by atoms with Gasteiger partial charge in [-0.25, -0.2) is 9.37 Å². The van der Waals surface area contributed by atoms with Crippen LogP contribution in [0, 0.1) is 5.82 Å². The molecular formula is C18H21FN2O4. The van der Waals surface area contributed by atoms with Crippen molar-refractivity contribution in [1.82, 2.24) is 4.98 Å². The summed E-state index contributed by atoms with van der Waals surface area (Å²) in [6.45, 7) is 6.79. The van der Waals surface area contributed by atoms with E-state index in [0.29, 0.717) is 42.6 Å². The van der Waals surface area contributed by atoms with Crippen molar-refractivity contribution in [1.29, 1.82) is 0 Å². The van der Waals surface area contributed by atoms with E-state index in [-0.39, 0.29) is 5.82 Å². The Morgan fingerprint density at radius 2 is 1.64 bits per heavy atom. The fourth-order valence-electron chi connectivity index (χ4n) is 2.16. The number of nitrogens with one attached hydrogen (secondary N) is 1. The third-order valence-electron chi connectivity index (χ3n) is 3.14. The first-order valence-electron chi connectivity index (χ1n) is 8.08. The zero-order valence-corrected chi connectivity index (χ0v) is 14.5. The summed E-state index contributed by atoms with van der Waals surface area (Å²) in [7, 11) is 0. The number of amides is 1. The zero-order valence-electron chi connectivity index (χ0n) is 14.5. The molecule has 2 rings (SSSR count). The summed E-state index contributed by atoms with van der Waals surface area (Å²) in [5.41, 5.74) is 0.321. The van der Waals surface area contributed by atoms with E-state index in [1.165, 1.54) is 12.1 Å². The summed E-state index contributed by atoms with van der Waals surface area (Å²) in [4.78, 5) is 16.3. The minimum absolute atomic E-state index is 0.246. The van der Waals surface area contributed by atoms with E-state index in [1.807, 2.05) is 20.8 Å². The van der Waals surface area contributed by atoms with Crippen LogP contribution in [-0.2, 0) is 0 Å². The van der Waals surface area contributed by atoms with Gasteiger partial charge in [-0.15, -0.1) is 0 Å². The van der Waals surface area contributed by atoms with Crippen LogP contribution in [0.25, 0.3) is 0 Å². The molecule has 1 aromatic carbocycles. The van der Waals surface area contributed by atoms with E-state index in [9.17, 15) is 9.18 Å². The molecule has 0 fully saturated rings. The van der Waals surface area contributed by atoms with E-state index >= 15 is 0 Å². The van der Waals surface area contributed by atoms with Crippen LogP contribution in [0.1, 0.15) is 31.1 Å². The van der Waals surface area contributed by atoms with Gasteiger partial charge in [-0.2, -0.15) is 0 Å². The molecule has 7 heteroatoms. The molecule has 0 aliphatic rings. The van der Waals surface area contributed by atoms with Crippen molar-refractivity contribution in [3.05, 3.63) is 41.8 Å². The van der Waals surface area contributed by atoms with Gasteiger partial charge >= 0.3 is 0 Å². The molecule has 134 valence electrons. The molecule has 0 bridgehead atoms. The molecule has 0 saturated carbocycles. The minimum atomic E-state index is -0.476. The Bertz CT molecular complexity index is 693. The Balaban J connectivity index is 2.34. The molecule has 0 saturated heterocycles. The lowest BCUT2D eigenvalue weighted by molar-refractivity contribution is 0.102. The Morgan fingerprint density at radius 3 is 2.12 bits per heavy atom. The minimum Gasteiger partial charge on any atom is -0.490 e. The van der Waals surface area contributed by atoms with Gasteiger partial charge in [0.1, 0.15) is 11.6 Å². The number of anilines is 1. The maximum atomic E-state index is 12.9. The largest absolute Gasteiger partial charge is 0.490 e. The fourth-order valence-corrected chi connectivity index (χ4v) is 2.16. The Kier molecular flexibility index (Phi) is 6.56. The van der Waals surface area contributed by atoms with E-state index in [2.05, 4.69) is 10.3 Å². The van der Waals surface area contributed by atoms with Crippen molar-refractivity contribution in [3.63, 3.8) is 0 Å². The third-order valence-corrected chi connectivity index (χ3v) is 3.14. The summed E-state index contributed by atoms with van der Waals surface area (Å²) in [6.07, 6.45) is 1.03. The van der Waals surface area contributed by atoms with Crippen molar-refractivity contribution in [2.45, 2.75) is 20.8 Å². The smallest absolute Gasteiger partial charge is 0.257 e. The van der Waals surface area contributed by atoms with Gasteiger partial charge < -0.3 is 19.5 Å². The predicted octanol–water partition coefficient (Wildman–Crippen LogP) is 3.67. The summed E-state index contributed by atoms with van der Waals surface area (Å²) >= 11 is 0. The summed E-state index contributed by atoms with van der Waals surface area (Å²) in [5.74, 6) is 0.666. The van der Waals surface area contributed by atoms with Crippen LogP contribution in [-0.4, -0.2) is 30.7 Å². The van der Waals surface area contributed by atoms with Gasteiger partial charge in [0.2, 0.25) is 5.75 Å². The summed E-state index contributed by atoms with van der Waals surface area (Å²) in [5, 5.41) is 2.61. The molecule has 0 radical (unpaired) electrons. The first-order chi connectivity index (χ1) is 12.1. The lowest BCUT2D eigenvalue weighted by atomic mass is 10.1. The molecule has 25 heavy (non-hydrogen) atoms. The quantitative estimate of drug-likeness (QED) is 0.788. The van der Waals surface area contributed by atoms with Gasteiger partial charge in [-0.1, -0.05) is 0 Å². The van der Waals surface area contributed by atoms with Crippen molar-refractivity contribution in [2.24, 2.45) is 0 Å². The zero-order chi connectivity index (χ0) is 18.2. The second kappa shape index (κ2) is 8.86. The molecule has 1 aromatic heterocycles. The van der Waals surface area contributed by atoms with Crippen molar-refractivity contribution in [3.8, 4) is 17.2 Å². The SMILES string of the molecule is CCOc1cc(C(=O)Nc2ccc(F)cn2)cc(OCC)c1OCC. The number of benzene rings is 1. The average Bonchev–Trinajstić information content (AvgIpc) is 2.60. The number of carbonyl (C=O) groups is 1. The number of carbonyl (C=O) groups excluding carboxylic acids is 1. The highest BCUT2D eigenvalue weighted by molar-refractivity contribution is 6.04. The predicted molar refractivity (Wildman–Crippen MR) is 92.1 cm³/mol. The Labute approximate surface area is 145 Å². The number of pyridine rings is 1. The lowest BCUT2D eigenvalue weighted by Crippen LogP contribution is -2.14. The first kappa shape index (κ1) is 18.5. The van der Waals surface area contributed by atoms with E-state index in [4.69, 9.17) is 14.2 Å². The number of ether oxygens (including phenoxy) is 3. The highest BCUT2D eigenvalue weighted by Gasteiger charge is 2.18. The normalized spacial score (nSPS) is 10.2. The van der Waals surface area contributed by atoms with Crippen LogP contribution in [0.5, 0.6) is 17.2 Å². The molecule has 1 N–H and O–H groups in total. The maximum absolute atomic E-state index is 12.9. The lowest BCUT2D eigenvalue weighted by Gasteiger charge is -2.17. The molecule has 2 aromatic rings. The van der Waals surface area contributed by atoms with Gasteiger partial charge in [0.15, 0.2) is 11.5 Å². The van der Waals surface area contributed by atoms with Crippen LogP contribution < -0.4 is 19.5 Å². The van der Waals surface area contributed by atoms with Gasteiger partial charge in [0.25, 0.3) is 5.91 Å². The highest BCUT2D eigenvalue weighted by atomic mass is 19.1. The standard InChI is InChI=1S/C18H21FN2O4/c1-4-23-14-9-12(10-15(24-5-2)17(14)25-6-3)18(22)21-16-8-7-13(19)11-20-16/h7-11H,4-6H2,1-3H3,(H,20,21,22). The molecule has 0 atom stereocenters. The number of hydrogen-bond acceptors (Lipinski definition) is 5. The molecule has 0 unspecified atom stereocenters. The van der Waals surface area contributed by atoms with E-state index < -0.39 is 11.7 Å². The number of aromatic nitrogens is 1. The average molecular weight is 348 g/mol. The van der Waals surface area contributed by atoms with Gasteiger partial charge in [-0.05, 0) is 45.0 Å². The topological polar surface area (TPSA) is 69.7 Å². The molecule has 0 aliphatic carbocycles. The molecule has 1 heterocycles. The van der Waals surface area contributed by atoms with Crippen molar-refractivity contribution >= 4 is 11.7 Å². The third kappa shape index (κ3) is 4.82. The molecule has 0 spiro atoms. The van der Waals surface area contributed by atoms with Crippen LogP contribution in [0.3, 0.4) is 0 Å². The maximum Gasteiger partial charge on any atom is 0.257 e. The number of hydrogen-bond donors (Lipinski definition) is 1. The summed E-state index contributed by atoms with van der Waals surface area (Å²) < 4.78 is 29.7.